The molecule has 2 rings (SSSR count). The zero-order valence-electron chi connectivity index (χ0n) is 11.7. The number of hydrogen-bond donors (Lipinski definition) is 0. The monoisotopic (exact) mass is 307 g/mol. The van der Waals surface area contributed by atoms with Crippen molar-refractivity contribution in [1.29, 1.82) is 5.26 Å². The largest absolute Gasteiger partial charge is 0.317 e. The van der Waals surface area contributed by atoms with Gasteiger partial charge in [0.2, 0.25) is 0 Å². The van der Waals surface area contributed by atoms with E-state index in [0.717, 1.165) is 12.8 Å². The molecule has 110 valence electrons. The minimum absolute atomic E-state index is 0.0502. The smallest absolute Gasteiger partial charge is 0.300 e. The second kappa shape index (κ2) is 5.34. The van der Waals surface area contributed by atoms with Gasteiger partial charge in [-0.1, -0.05) is 17.7 Å². The van der Waals surface area contributed by atoms with E-state index in [0.29, 0.717) is 0 Å². The van der Waals surface area contributed by atoms with E-state index in [1.807, 2.05) is 0 Å². The molecule has 1 aliphatic carbocycles. The summed E-state index contributed by atoms with van der Waals surface area (Å²) < 4.78 is 0. The van der Waals surface area contributed by atoms with Gasteiger partial charge in [-0.25, -0.2) is 0 Å². The molecule has 0 atom stereocenters. The van der Waals surface area contributed by atoms with Crippen LogP contribution in [0.5, 0.6) is 0 Å². The number of nitriles is 1. The highest BCUT2D eigenvalue weighted by molar-refractivity contribution is 6.33. The van der Waals surface area contributed by atoms with Crippen LogP contribution in [-0.2, 0) is 0 Å². The van der Waals surface area contributed by atoms with Crippen molar-refractivity contribution in [1.82, 2.24) is 4.90 Å². The number of para-hydroxylation sites is 1. The third-order valence-electron chi connectivity index (χ3n) is 3.41. The van der Waals surface area contributed by atoms with Crippen LogP contribution in [0.4, 0.5) is 5.69 Å². The van der Waals surface area contributed by atoms with Gasteiger partial charge in [-0.2, -0.15) is 5.26 Å². The van der Waals surface area contributed by atoms with Crippen molar-refractivity contribution >= 4 is 23.2 Å². The molecule has 1 aliphatic rings. The first kappa shape index (κ1) is 15.3. The van der Waals surface area contributed by atoms with Gasteiger partial charge >= 0.3 is 5.69 Å². The van der Waals surface area contributed by atoms with Gasteiger partial charge in [0.15, 0.2) is 0 Å². The molecule has 1 saturated carbocycles. The minimum atomic E-state index is -1.03. The molecule has 0 bridgehead atoms. The summed E-state index contributed by atoms with van der Waals surface area (Å²) in [5, 5.41) is 20.3. The number of amides is 1. The third kappa shape index (κ3) is 2.83. The lowest BCUT2D eigenvalue weighted by atomic mass is 10.0. The maximum Gasteiger partial charge on any atom is 0.300 e. The van der Waals surface area contributed by atoms with Crippen LogP contribution < -0.4 is 0 Å². The molecular weight excluding hydrogens is 294 g/mol. The van der Waals surface area contributed by atoms with Crippen LogP contribution in [0.2, 0.25) is 5.02 Å². The quantitative estimate of drug-likeness (QED) is 0.631. The predicted octanol–water partition coefficient (Wildman–Crippen LogP) is 3.15. The highest BCUT2D eigenvalue weighted by Gasteiger charge is 2.44. The number of nitro groups is 1. The Balaban J connectivity index is 2.51. The summed E-state index contributed by atoms with van der Waals surface area (Å²) in [7, 11) is 0. The molecule has 0 radical (unpaired) electrons. The summed E-state index contributed by atoms with van der Waals surface area (Å²) in [6.45, 7) is 3.25. The molecular formula is C14H14ClN3O3. The van der Waals surface area contributed by atoms with E-state index < -0.39 is 22.1 Å². The number of carbonyl (C=O) groups is 1. The Labute approximate surface area is 127 Å². The number of benzene rings is 1. The van der Waals surface area contributed by atoms with Gasteiger partial charge in [0.05, 0.1) is 11.0 Å². The highest BCUT2D eigenvalue weighted by Crippen LogP contribution is 2.37. The van der Waals surface area contributed by atoms with Crippen LogP contribution in [0, 0.1) is 21.4 Å². The molecule has 0 aromatic heterocycles. The average Bonchev–Trinajstić information content (AvgIpc) is 3.22. The molecule has 1 amide bonds. The maximum absolute atomic E-state index is 12.7. The second-order valence-corrected chi connectivity index (χ2v) is 5.88. The summed E-state index contributed by atoms with van der Waals surface area (Å²) in [6.07, 6.45) is 1.59. The number of nitrogens with zero attached hydrogens (tertiary/aromatic N) is 3. The van der Waals surface area contributed by atoms with Gasteiger partial charge in [-0.3, -0.25) is 14.9 Å². The van der Waals surface area contributed by atoms with Crippen molar-refractivity contribution in [2.75, 3.05) is 0 Å². The first-order valence-electron chi connectivity index (χ1n) is 6.47. The van der Waals surface area contributed by atoms with E-state index in [-0.39, 0.29) is 16.6 Å². The van der Waals surface area contributed by atoms with Crippen molar-refractivity contribution in [3.63, 3.8) is 0 Å². The molecule has 0 spiro atoms. The molecule has 1 aromatic rings. The normalized spacial score (nSPS) is 14.4. The fraction of sp³-hybridized carbons (Fsp3) is 0.429. The fourth-order valence-electron chi connectivity index (χ4n) is 2.27. The first-order valence-corrected chi connectivity index (χ1v) is 6.85. The zero-order valence-corrected chi connectivity index (χ0v) is 12.4. The summed E-state index contributed by atoms with van der Waals surface area (Å²) >= 11 is 5.84. The SMILES string of the molecule is CC(C)(C#N)N(C(=O)c1cccc(Cl)c1[N+](=O)[O-])C1CC1. The second-order valence-electron chi connectivity index (χ2n) is 5.47. The van der Waals surface area contributed by atoms with E-state index >= 15 is 0 Å². The Morgan fingerprint density at radius 1 is 1.52 bits per heavy atom. The molecule has 0 aliphatic heterocycles. The van der Waals surface area contributed by atoms with E-state index in [4.69, 9.17) is 11.6 Å². The van der Waals surface area contributed by atoms with Gasteiger partial charge in [-0.15, -0.1) is 0 Å². The number of hydrogen-bond acceptors (Lipinski definition) is 4. The standard InChI is InChI=1S/C14H14ClN3O3/c1-14(2,8-16)17(9-6-7-9)13(19)10-4-3-5-11(15)12(10)18(20)21/h3-5,9H,6-7H2,1-2H3. The minimum Gasteiger partial charge on any atom is -0.317 e. The van der Waals surface area contributed by atoms with Crippen LogP contribution in [0.25, 0.3) is 0 Å². The van der Waals surface area contributed by atoms with Crippen molar-refractivity contribution in [3.05, 3.63) is 38.9 Å². The Bertz CT molecular complexity index is 647. The molecule has 0 N–H and O–H groups in total. The first-order chi connectivity index (χ1) is 9.79. The molecule has 1 aromatic carbocycles. The van der Waals surface area contributed by atoms with Gasteiger partial charge in [0, 0.05) is 6.04 Å². The van der Waals surface area contributed by atoms with Crippen molar-refractivity contribution < 1.29 is 9.72 Å². The molecule has 0 unspecified atom stereocenters. The summed E-state index contributed by atoms with van der Waals surface area (Å²) in [5.41, 5.74) is -1.53. The van der Waals surface area contributed by atoms with Crippen molar-refractivity contribution in [2.24, 2.45) is 0 Å². The van der Waals surface area contributed by atoms with E-state index in [1.165, 1.54) is 23.1 Å². The van der Waals surface area contributed by atoms with Crippen LogP contribution in [0.3, 0.4) is 0 Å². The molecule has 6 nitrogen and oxygen atoms in total. The lowest BCUT2D eigenvalue weighted by Crippen LogP contribution is -2.48. The Kier molecular flexibility index (Phi) is 3.88. The van der Waals surface area contributed by atoms with Crippen LogP contribution in [0.15, 0.2) is 18.2 Å². The molecule has 0 saturated heterocycles. The topological polar surface area (TPSA) is 87.2 Å². The van der Waals surface area contributed by atoms with E-state index in [2.05, 4.69) is 6.07 Å². The molecule has 21 heavy (non-hydrogen) atoms. The molecule has 7 heteroatoms. The van der Waals surface area contributed by atoms with Crippen molar-refractivity contribution in [2.45, 2.75) is 38.3 Å². The van der Waals surface area contributed by atoms with Gasteiger partial charge in [-0.05, 0) is 38.8 Å². The van der Waals surface area contributed by atoms with E-state index in [9.17, 15) is 20.2 Å². The fourth-order valence-corrected chi connectivity index (χ4v) is 2.51. The molecule has 0 heterocycles. The van der Waals surface area contributed by atoms with Gasteiger partial charge < -0.3 is 4.90 Å². The number of rotatable bonds is 4. The Hall–Kier alpha value is -2.13. The highest BCUT2D eigenvalue weighted by atomic mass is 35.5. The van der Waals surface area contributed by atoms with Crippen LogP contribution in [0.1, 0.15) is 37.0 Å². The average molecular weight is 308 g/mol. The summed E-state index contributed by atoms with van der Waals surface area (Å²) in [5.74, 6) is -0.529. The Morgan fingerprint density at radius 2 is 2.14 bits per heavy atom. The van der Waals surface area contributed by atoms with Gasteiger partial charge in [0.1, 0.15) is 16.1 Å². The third-order valence-corrected chi connectivity index (χ3v) is 3.71. The van der Waals surface area contributed by atoms with Crippen molar-refractivity contribution in [3.8, 4) is 6.07 Å². The van der Waals surface area contributed by atoms with E-state index in [1.54, 1.807) is 13.8 Å². The number of halogens is 1. The van der Waals surface area contributed by atoms with Gasteiger partial charge in [0.25, 0.3) is 5.91 Å². The number of carbonyl (C=O) groups excluding carboxylic acids is 1. The predicted molar refractivity (Wildman–Crippen MR) is 77.0 cm³/mol. The zero-order chi connectivity index (χ0) is 15.8. The summed E-state index contributed by atoms with van der Waals surface area (Å²) in [4.78, 5) is 24.6. The lowest BCUT2D eigenvalue weighted by Gasteiger charge is -2.33. The molecule has 1 fully saturated rings. The van der Waals surface area contributed by atoms with Crippen LogP contribution in [-0.4, -0.2) is 27.3 Å². The maximum atomic E-state index is 12.7. The van der Waals surface area contributed by atoms with Crippen LogP contribution >= 0.6 is 11.6 Å². The summed E-state index contributed by atoms with van der Waals surface area (Å²) in [6, 6.07) is 6.26. The Morgan fingerprint density at radius 3 is 2.62 bits per heavy atom. The lowest BCUT2D eigenvalue weighted by molar-refractivity contribution is -0.385. The number of nitro benzene ring substituents is 1.